The van der Waals surface area contributed by atoms with Crippen LogP contribution in [0.25, 0.3) is 5.69 Å². The lowest BCUT2D eigenvalue weighted by Gasteiger charge is -2.00. The third kappa shape index (κ3) is 2.57. The summed E-state index contributed by atoms with van der Waals surface area (Å²) in [6, 6.07) is 7.03. The molecule has 0 radical (unpaired) electrons. The first-order valence-corrected chi connectivity index (χ1v) is 4.84. The van der Waals surface area contributed by atoms with Crippen molar-refractivity contribution in [2.24, 2.45) is 0 Å². The van der Waals surface area contributed by atoms with Crippen LogP contribution in [0.4, 0.5) is 0 Å². The Hall–Kier alpha value is -2.44. The summed E-state index contributed by atoms with van der Waals surface area (Å²) in [7, 11) is 1.58. The quantitative estimate of drug-likeness (QED) is 0.818. The highest BCUT2D eigenvalue weighted by Crippen LogP contribution is 2.13. The predicted octanol–water partition coefficient (Wildman–Crippen LogP) is 0.298. The van der Waals surface area contributed by atoms with Crippen molar-refractivity contribution in [3.05, 3.63) is 30.1 Å². The van der Waals surface area contributed by atoms with Crippen molar-refractivity contribution in [2.45, 2.75) is 6.42 Å². The number of carbonyl (C=O) groups is 1. The lowest BCUT2D eigenvalue weighted by molar-refractivity contribution is -0.136. The predicted molar refractivity (Wildman–Crippen MR) is 57.0 cm³/mol. The van der Waals surface area contributed by atoms with Crippen molar-refractivity contribution in [2.75, 3.05) is 7.11 Å². The third-order valence-electron chi connectivity index (χ3n) is 2.07. The Morgan fingerprint density at radius 2 is 2.12 bits per heavy atom. The molecule has 2 aromatic rings. The molecule has 0 aliphatic heterocycles. The van der Waals surface area contributed by atoms with E-state index in [9.17, 15) is 4.79 Å². The summed E-state index contributed by atoms with van der Waals surface area (Å²) in [4.78, 5) is 11.7. The number of carboxylic acids is 1. The van der Waals surface area contributed by atoms with E-state index in [2.05, 4.69) is 15.4 Å². The first-order valence-electron chi connectivity index (χ1n) is 4.84. The van der Waals surface area contributed by atoms with Crippen LogP contribution in [-0.4, -0.2) is 38.4 Å². The Morgan fingerprint density at radius 3 is 2.71 bits per heavy atom. The van der Waals surface area contributed by atoms with E-state index < -0.39 is 5.97 Å². The van der Waals surface area contributed by atoms with Crippen LogP contribution in [0.2, 0.25) is 0 Å². The van der Waals surface area contributed by atoms with Gasteiger partial charge in [0.1, 0.15) is 12.2 Å². The van der Waals surface area contributed by atoms with Crippen molar-refractivity contribution in [3.63, 3.8) is 0 Å². The highest BCUT2D eigenvalue weighted by Gasteiger charge is 2.08. The molecule has 0 aliphatic rings. The van der Waals surface area contributed by atoms with Crippen molar-refractivity contribution in [1.29, 1.82) is 0 Å². The molecule has 0 fully saturated rings. The summed E-state index contributed by atoms with van der Waals surface area (Å²) in [6.45, 7) is 0. The first-order chi connectivity index (χ1) is 8.19. The fourth-order valence-electron chi connectivity index (χ4n) is 1.27. The molecule has 7 heteroatoms. The van der Waals surface area contributed by atoms with Crippen LogP contribution in [0, 0.1) is 0 Å². The number of benzene rings is 1. The molecule has 1 aromatic heterocycles. The summed E-state index contributed by atoms with van der Waals surface area (Å²) < 4.78 is 5.02. The van der Waals surface area contributed by atoms with E-state index in [0.29, 0.717) is 5.69 Å². The number of hydrogen-bond donors (Lipinski definition) is 1. The molecule has 1 aromatic carbocycles. The third-order valence-corrected chi connectivity index (χ3v) is 2.07. The molecule has 0 bridgehead atoms. The van der Waals surface area contributed by atoms with Crippen LogP contribution >= 0.6 is 0 Å². The topological polar surface area (TPSA) is 90.1 Å². The molecular formula is C10H10N4O3. The van der Waals surface area contributed by atoms with Crippen molar-refractivity contribution in [3.8, 4) is 11.4 Å². The van der Waals surface area contributed by atoms with E-state index in [4.69, 9.17) is 9.84 Å². The Morgan fingerprint density at radius 1 is 1.41 bits per heavy atom. The van der Waals surface area contributed by atoms with Gasteiger partial charge in [-0.1, -0.05) is 0 Å². The van der Waals surface area contributed by atoms with Gasteiger partial charge in [-0.25, -0.2) is 0 Å². The van der Waals surface area contributed by atoms with Gasteiger partial charge < -0.3 is 9.84 Å². The van der Waals surface area contributed by atoms with E-state index >= 15 is 0 Å². The zero-order chi connectivity index (χ0) is 12.3. The summed E-state index contributed by atoms with van der Waals surface area (Å²) >= 11 is 0. The smallest absolute Gasteiger partial charge is 0.311 e. The lowest BCUT2D eigenvalue weighted by atomic mass is 10.3. The van der Waals surface area contributed by atoms with E-state index in [-0.39, 0.29) is 12.2 Å². The standard InChI is InChI=1S/C10H10N4O3/c1-17-8-4-2-7(3-5-8)14-12-9(11-13-14)6-10(15)16/h2-5H,6H2,1H3,(H,15,16). The number of tetrazole rings is 1. The van der Waals surface area contributed by atoms with E-state index in [1.54, 1.807) is 31.4 Å². The van der Waals surface area contributed by atoms with Gasteiger partial charge in [0.15, 0.2) is 5.82 Å². The highest BCUT2D eigenvalue weighted by atomic mass is 16.5. The fraction of sp³-hybridized carbons (Fsp3) is 0.200. The van der Waals surface area contributed by atoms with E-state index in [1.807, 2.05) is 0 Å². The van der Waals surface area contributed by atoms with Crippen LogP contribution in [0.5, 0.6) is 5.75 Å². The molecule has 0 saturated carbocycles. The van der Waals surface area contributed by atoms with Gasteiger partial charge in [0, 0.05) is 0 Å². The van der Waals surface area contributed by atoms with Gasteiger partial charge in [0.2, 0.25) is 0 Å². The Balaban J connectivity index is 2.21. The number of rotatable bonds is 4. The number of aliphatic carboxylic acids is 1. The zero-order valence-electron chi connectivity index (χ0n) is 9.07. The second-order valence-corrected chi connectivity index (χ2v) is 3.26. The maximum atomic E-state index is 10.5. The second kappa shape index (κ2) is 4.60. The molecule has 0 aliphatic carbocycles. The van der Waals surface area contributed by atoms with Gasteiger partial charge in [-0.15, -0.1) is 15.0 Å². The van der Waals surface area contributed by atoms with Gasteiger partial charge in [0.05, 0.1) is 12.8 Å². The molecule has 7 nitrogen and oxygen atoms in total. The number of hydrogen-bond acceptors (Lipinski definition) is 5. The largest absolute Gasteiger partial charge is 0.497 e. The van der Waals surface area contributed by atoms with Crippen LogP contribution < -0.4 is 4.74 Å². The number of ether oxygens (including phenoxy) is 1. The Kier molecular flexibility index (Phi) is 2.99. The van der Waals surface area contributed by atoms with Crippen molar-refractivity contribution < 1.29 is 14.6 Å². The SMILES string of the molecule is COc1ccc(-n2nnc(CC(=O)O)n2)cc1. The second-order valence-electron chi connectivity index (χ2n) is 3.26. The van der Waals surface area contributed by atoms with E-state index in [0.717, 1.165) is 5.75 Å². The average Bonchev–Trinajstić information content (AvgIpc) is 2.77. The minimum absolute atomic E-state index is 0.174. The molecule has 0 saturated heterocycles. The average molecular weight is 234 g/mol. The minimum atomic E-state index is -0.987. The number of aromatic nitrogens is 4. The van der Waals surface area contributed by atoms with Gasteiger partial charge in [-0.2, -0.15) is 0 Å². The van der Waals surface area contributed by atoms with Gasteiger partial charge in [-0.05, 0) is 29.5 Å². The maximum absolute atomic E-state index is 10.5. The Labute approximate surface area is 96.6 Å². The van der Waals surface area contributed by atoms with Gasteiger partial charge >= 0.3 is 5.97 Å². The van der Waals surface area contributed by atoms with Crippen LogP contribution in [0.3, 0.4) is 0 Å². The molecule has 1 N–H and O–H groups in total. The molecule has 2 rings (SSSR count). The number of methoxy groups -OCH3 is 1. The minimum Gasteiger partial charge on any atom is -0.497 e. The summed E-state index contributed by atoms with van der Waals surface area (Å²) in [5, 5.41) is 19.9. The summed E-state index contributed by atoms with van der Waals surface area (Å²) in [5.41, 5.74) is 0.690. The monoisotopic (exact) mass is 234 g/mol. The van der Waals surface area contributed by atoms with E-state index in [1.165, 1.54) is 4.80 Å². The highest BCUT2D eigenvalue weighted by molar-refractivity contribution is 5.68. The fourth-order valence-corrected chi connectivity index (χ4v) is 1.27. The molecule has 0 amide bonds. The molecule has 0 unspecified atom stereocenters. The summed E-state index contributed by atoms with van der Waals surface area (Å²) in [6.07, 6.45) is -0.240. The van der Waals surface area contributed by atoms with Gasteiger partial charge in [-0.3, -0.25) is 4.79 Å². The van der Waals surface area contributed by atoms with Crippen LogP contribution in [0.1, 0.15) is 5.82 Å². The van der Waals surface area contributed by atoms with Gasteiger partial charge in [0.25, 0.3) is 0 Å². The zero-order valence-corrected chi connectivity index (χ0v) is 9.07. The van der Waals surface area contributed by atoms with Crippen LogP contribution in [-0.2, 0) is 11.2 Å². The number of nitrogens with zero attached hydrogens (tertiary/aromatic N) is 4. The first kappa shape index (κ1) is 11.1. The lowest BCUT2D eigenvalue weighted by Crippen LogP contribution is -2.03. The molecular weight excluding hydrogens is 224 g/mol. The normalized spacial score (nSPS) is 10.2. The molecule has 88 valence electrons. The summed E-state index contributed by atoms with van der Waals surface area (Å²) in [5.74, 6) is -0.0905. The molecule has 1 heterocycles. The van der Waals surface area contributed by atoms with Crippen molar-refractivity contribution in [1.82, 2.24) is 20.2 Å². The Bertz CT molecular complexity index is 521. The van der Waals surface area contributed by atoms with Crippen LogP contribution in [0.15, 0.2) is 24.3 Å². The maximum Gasteiger partial charge on any atom is 0.311 e. The number of carboxylic acid groups (broad SMARTS) is 1. The molecule has 0 spiro atoms. The van der Waals surface area contributed by atoms with Crippen molar-refractivity contribution >= 4 is 5.97 Å². The molecule has 0 atom stereocenters. The molecule has 17 heavy (non-hydrogen) atoms.